The number of hydrogen-bond donors (Lipinski definition) is 0. The Morgan fingerprint density at radius 3 is 2.59 bits per heavy atom. The fourth-order valence-electron chi connectivity index (χ4n) is 2.21. The molecule has 1 aromatic rings. The summed E-state index contributed by atoms with van der Waals surface area (Å²) in [5.41, 5.74) is 2.80. The molecule has 1 aliphatic heterocycles. The zero-order valence-electron chi connectivity index (χ0n) is 10.4. The number of rotatable bonds is 4. The van der Waals surface area contributed by atoms with Gasteiger partial charge in [-0.15, -0.1) is 0 Å². The fraction of sp³-hybridized carbons (Fsp3) is 0.400. The van der Waals surface area contributed by atoms with E-state index in [9.17, 15) is 4.79 Å². The maximum Gasteiger partial charge on any atom is 0.339 e. The molecule has 0 saturated carbocycles. The van der Waals surface area contributed by atoms with E-state index >= 15 is 0 Å². The van der Waals surface area contributed by atoms with Crippen LogP contribution < -0.4 is 0 Å². The predicted molar refractivity (Wildman–Crippen MR) is 68.4 cm³/mol. The molecule has 1 atom stereocenters. The van der Waals surface area contributed by atoms with Crippen LogP contribution in [0.4, 0.5) is 0 Å². The predicted octanol–water partition coefficient (Wildman–Crippen LogP) is 3.58. The topological polar surface area (TPSA) is 26.3 Å². The zero-order chi connectivity index (χ0) is 12.3. The highest BCUT2D eigenvalue weighted by Gasteiger charge is 2.31. The molecule has 0 aromatic heterocycles. The molecular formula is C15H18O2. The van der Waals surface area contributed by atoms with Crippen molar-refractivity contribution < 1.29 is 9.53 Å². The number of cyclic esters (lactones) is 1. The summed E-state index contributed by atoms with van der Waals surface area (Å²) >= 11 is 0. The molecule has 17 heavy (non-hydrogen) atoms. The van der Waals surface area contributed by atoms with Gasteiger partial charge in [-0.05, 0) is 30.9 Å². The average molecular weight is 230 g/mol. The summed E-state index contributed by atoms with van der Waals surface area (Å²) in [6.45, 7) is 4.15. The van der Waals surface area contributed by atoms with Gasteiger partial charge in [0.15, 0.2) is 0 Å². The van der Waals surface area contributed by atoms with Gasteiger partial charge in [-0.2, -0.15) is 0 Å². The quantitative estimate of drug-likeness (QED) is 0.739. The molecule has 2 nitrogen and oxygen atoms in total. The van der Waals surface area contributed by atoms with Crippen molar-refractivity contribution in [1.82, 2.24) is 0 Å². The molecule has 1 aliphatic rings. The van der Waals surface area contributed by atoms with Crippen LogP contribution >= 0.6 is 0 Å². The van der Waals surface area contributed by atoms with Gasteiger partial charge in [0.25, 0.3) is 0 Å². The summed E-state index contributed by atoms with van der Waals surface area (Å²) in [6.07, 6.45) is 3.14. The van der Waals surface area contributed by atoms with Gasteiger partial charge in [0.1, 0.15) is 6.10 Å². The van der Waals surface area contributed by atoms with Crippen LogP contribution in [0.15, 0.2) is 35.9 Å². The molecule has 0 spiro atoms. The third-order valence-corrected chi connectivity index (χ3v) is 3.21. The zero-order valence-corrected chi connectivity index (χ0v) is 10.4. The Morgan fingerprint density at radius 2 is 1.94 bits per heavy atom. The maximum absolute atomic E-state index is 11.9. The standard InChI is InChI=1S/C15H18O2/c1-3-4-10-13-11(2)14(15(16)17-13)12-8-6-5-7-9-12/h5-9,13H,3-4,10H2,1-2H3. The highest BCUT2D eigenvalue weighted by atomic mass is 16.5. The largest absolute Gasteiger partial charge is 0.454 e. The highest BCUT2D eigenvalue weighted by molar-refractivity contribution is 6.19. The highest BCUT2D eigenvalue weighted by Crippen LogP contribution is 2.32. The Bertz CT molecular complexity index is 431. The monoisotopic (exact) mass is 230 g/mol. The van der Waals surface area contributed by atoms with Gasteiger partial charge in [0.05, 0.1) is 5.57 Å². The Labute approximate surface area is 102 Å². The van der Waals surface area contributed by atoms with Crippen molar-refractivity contribution in [3.05, 3.63) is 41.5 Å². The first kappa shape index (κ1) is 11.9. The SMILES string of the molecule is CCCCC1OC(=O)C(c2ccccc2)=C1C. The number of ether oxygens (including phenoxy) is 1. The summed E-state index contributed by atoms with van der Waals surface area (Å²) in [4.78, 5) is 11.9. The lowest BCUT2D eigenvalue weighted by Crippen LogP contribution is -2.10. The van der Waals surface area contributed by atoms with Crippen LogP contribution in [0.3, 0.4) is 0 Å². The number of carbonyl (C=O) groups is 1. The molecule has 0 saturated heterocycles. The van der Waals surface area contributed by atoms with E-state index in [1.54, 1.807) is 0 Å². The molecule has 0 N–H and O–H groups in total. The first-order valence-corrected chi connectivity index (χ1v) is 6.21. The van der Waals surface area contributed by atoms with Crippen LogP contribution in [0.2, 0.25) is 0 Å². The fourth-order valence-corrected chi connectivity index (χ4v) is 2.21. The molecule has 1 unspecified atom stereocenters. The van der Waals surface area contributed by atoms with Crippen LogP contribution in [0.1, 0.15) is 38.7 Å². The van der Waals surface area contributed by atoms with E-state index in [0.29, 0.717) is 0 Å². The number of unbranched alkanes of at least 4 members (excludes halogenated alkanes) is 1. The Balaban J connectivity index is 2.26. The molecule has 2 heteroatoms. The second-order valence-electron chi connectivity index (χ2n) is 4.46. The van der Waals surface area contributed by atoms with E-state index in [1.165, 1.54) is 0 Å². The van der Waals surface area contributed by atoms with Gasteiger partial charge >= 0.3 is 5.97 Å². The molecule has 0 fully saturated rings. The Morgan fingerprint density at radius 1 is 1.24 bits per heavy atom. The molecule has 1 heterocycles. The minimum Gasteiger partial charge on any atom is -0.454 e. The van der Waals surface area contributed by atoms with E-state index in [0.717, 1.165) is 36.0 Å². The van der Waals surface area contributed by atoms with Crippen molar-refractivity contribution in [2.75, 3.05) is 0 Å². The average Bonchev–Trinajstić information content (AvgIpc) is 2.63. The minimum absolute atomic E-state index is 0.0161. The van der Waals surface area contributed by atoms with Gasteiger partial charge in [-0.3, -0.25) is 0 Å². The molecule has 90 valence electrons. The van der Waals surface area contributed by atoms with Gasteiger partial charge < -0.3 is 4.74 Å². The first-order valence-electron chi connectivity index (χ1n) is 6.21. The van der Waals surface area contributed by atoms with E-state index in [2.05, 4.69) is 6.92 Å². The number of benzene rings is 1. The second kappa shape index (κ2) is 5.17. The third-order valence-electron chi connectivity index (χ3n) is 3.21. The van der Waals surface area contributed by atoms with E-state index < -0.39 is 0 Å². The van der Waals surface area contributed by atoms with Gasteiger partial charge in [0.2, 0.25) is 0 Å². The summed E-state index contributed by atoms with van der Waals surface area (Å²) in [7, 11) is 0. The van der Waals surface area contributed by atoms with Crippen molar-refractivity contribution in [1.29, 1.82) is 0 Å². The lowest BCUT2D eigenvalue weighted by molar-refractivity contribution is -0.138. The van der Waals surface area contributed by atoms with Crippen LogP contribution in [-0.4, -0.2) is 12.1 Å². The van der Waals surface area contributed by atoms with Gasteiger partial charge in [0, 0.05) is 0 Å². The van der Waals surface area contributed by atoms with Crippen LogP contribution in [0.25, 0.3) is 5.57 Å². The third kappa shape index (κ3) is 2.41. The van der Waals surface area contributed by atoms with Crippen molar-refractivity contribution in [2.45, 2.75) is 39.2 Å². The maximum atomic E-state index is 11.9. The van der Waals surface area contributed by atoms with Crippen molar-refractivity contribution in [3.63, 3.8) is 0 Å². The van der Waals surface area contributed by atoms with Gasteiger partial charge in [-0.25, -0.2) is 4.79 Å². The van der Waals surface area contributed by atoms with Crippen molar-refractivity contribution >= 4 is 11.5 Å². The second-order valence-corrected chi connectivity index (χ2v) is 4.46. The normalized spacial score (nSPS) is 19.6. The van der Waals surface area contributed by atoms with Crippen molar-refractivity contribution in [2.24, 2.45) is 0 Å². The smallest absolute Gasteiger partial charge is 0.339 e. The molecule has 0 bridgehead atoms. The van der Waals surface area contributed by atoms with E-state index in [4.69, 9.17) is 4.74 Å². The molecular weight excluding hydrogens is 212 g/mol. The van der Waals surface area contributed by atoms with Crippen LogP contribution in [0, 0.1) is 0 Å². The lowest BCUT2D eigenvalue weighted by Gasteiger charge is -2.09. The molecule has 0 aliphatic carbocycles. The number of carbonyl (C=O) groups excluding carboxylic acids is 1. The molecule has 0 amide bonds. The minimum atomic E-state index is -0.171. The van der Waals surface area contributed by atoms with Crippen LogP contribution in [-0.2, 0) is 9.53 Å². The summed E-state index contributed by atoms with van der Waals surface area (Å²) in [6, 6.07) is 9.77. The Hall–Kier alpha value is -1.57. The molecule has 0 radical (unpaired) electrons. The van der Waals surface area contributed by atoms with Crippen molar-refractivity contribution in [3.8, 4) is 0 Å². The summed E-state index contributed by atoms with van der Waals surface area (Å²) < 4.78 is 5.43. The van der Waals surface area contributed by atoms with E-state index in [1.807, 2.05) is 37.3 Å². The number of esters is 1. The molecule has 1 aromatic carbocycles. The Kier molecular flexibility index (Phi) is 3.62. The first-order chi connectivity index (χ1) is 8.24. The lowest BCUT2D eigenvalue weighted by atomic mass is 9.98. The summed E-state index contributed by atoms with van der Waals surface area (Å²) in [5.74, 6) is -0.171. The molecule has 2 rings (SSSR count). The van der Waals surface area contributed by atoms with Crippen LogP contribution in [0.5, 0.6) is 0 Å². The van der Waals surface area contributed by atoms with Gasteiger partial charge in [-0.1, -0.05) is 43.7 Å². The summed E-state index contributed by atoms with van der Waals surface area (Å²) in [5, 5.41) is 0. The number of hydrogen-bond acceptors (Lipinski definition) is 2. The van der Waals surface area contributed by atoms with E-state index in [-0.39, 0.29) is 12.1 Å².